The molecule has 1 saturated heterocycles. The number of sulfone groups is 1. The molecule has 1 aromatic rings. The highest BCUT2D eigenvalue weighted by atomic mass is 32.2. The molecule has 1 heterocycles. The van der Waals surface area contributed by atoms with Crippen molar-refractivity contribution in [2.24, 2.45) is 5.41 Å². The molecule has 0 bridgehead atoms. The van der Waals surface area contributed by atoms with Gasteiger partial charge < -0.3 is 5.11 Å². The molecule has 1 aliphatic heterocycles. The Balaban J connectivity index is 2.12. The van der Waals surface area contributed by atoms with Gasteiger partial charge in [-0.1, -0.05) is 26.0 Å². The molecule has 2 atom stereocenters. The topological polar surface area (TPSA) is 57.6 Å². The molecule has 1 N–H and O–H groups in total. The first-order valence-corrected chi connectivity index (χ1v) is 10.2. The lowest BCUT2D eigenvalue weighted by Crippen LogP contribution is -2.47. The van der Waals surface area contributed by atoms with E-state index in [-0.39, 0.29) is 4.90 Å². The summed E-state index contributed by atoms with van der Waals surface area (Å²) in [6.07, 6.45) is 4.74. The number of β-amino-alcohol motifs (C(OH)–C–C–N with tert-alkyl or cyclic N) is 1. The minimum Gasteiger partial charge on any atom is -0.384 e. The zero-order valence-electron chi connectivity index (χ0n) is 14.7. The summed E-state index contributed by atoms with van der Waals surface area (Å²) in [6, 6.07) is 6.59. The normalized spacial score (nSPS) is 26.0. The van der Waals surface area contributed by atoms with Crippen LogP contribution in [0.4, 0.5) is 0 Å². The first kappa shape index (κ1) is 18.4. The highest BCUT2D eigenvalue weighted by molar-refractivity contribution is 7.90. The van der Waals surface area contributed by atoms with Crippen molar-refractivity contribution in [2.45, 2.75) is 50.5 Å². The van der Waals surface area contributed by atoms with E-state index in [2.05, 4.69) is 18.7 Å². The highest BCUT2D eigenvalue weighted by Crippen LogP contribution is 2.34. The van der Waals surface area contributed by atoms with E-state index < -0.39 is 15.4 Å². The molecular weight excluding hydrogens is 310 g/mol. The maximum Gasteiger partial charge on any atom is 0.175 e. The van der Waals surface area contributed by atoms with Gasteiger partial charge in [0.1, 0.15) is 0 Å². The molecule has 0 aliphatic carbocycles. The second kappa shape index (κ2) is 6.54. The molecule has 0 radical (unpaired) electrons. The van der Waals surface area contributed by atoms with Gasteiger partial charge in [0.15, 0.2) is 9.84 Å². The van der Waals surface area contributed by atoms with Gasteiger partial charge in [-0.05, 0) is 55.8 Å². The summed E-state index contributed by atoms with van der Waals surface area (Å²) in [5.41, 5.74) is 0.102. The van der Waals surface area contributed by atoms with Crippen LogP contribution in [0.2, 0.25) is 0 Å². The fourth-order valence-corrected chi connectivity index (χ4v) is 4.07. The van der Waals surface area contributed by atoms with Crippen LogP contribution in [0, 0.1) is 5.41 Å². The Kier molecular flexibility index (Phi) is 5.24. The van der Waals surface area contributed by atoms with E-state index in [4.69, 9.17) is 0 Å². The van der Waals surface area contributed by atoms with Crippen molar-refractivity contribution in [3.05, 3.63) is 29.8 Å². The predicted molar refractivity (Wildman–Crippen MR) is 93.2 cm³/mol. The van der Waals surface area contributed by atoms with Crippen LogP contribution in [0.3, 0.4) is 0 Å². The third kappa shape index (κ3) is 4.55. The number of rotatable bonds is 5. The maximum atomic E-state index is 11.5. The van der Waals surface area contributed by atoms with Gasteiger partial charge in [0.05, 0.1) is 10.5 Å². The Labute approximate surface area is 140 Å². The van der Waals surface area contributed by atoms with Crippen molar-refractivity contribution >= 4 is 9.84 Å². The second-order valence-electron chi connectivity index (χ2n) is 7.55. The average Bonchev–Trinajstić information content (AvgIpc) is 2.46. The first-order chi connectivity index (χ1) is 10.6. The van der Waals surface area contributed by atoms with E-state index in [9.17, 15) is 13.5 Å². The molecule has 1 aromatic carbocycles. The number of likely N-dealkylation sites (tertiary alicyclic amines) is 1. The Morgan fingerprint density at radius 2 is 1.91 bits per heavy atom. The highest BCUT2D eigenvalue weighted by Gasteiger charge is 2.33. The van der Waals surface area contributed by atoms with Crippen LogP contribution in [0.15, 0.2) is 29.2 Å². The van der Waals surface area contributed by atoms with Gasteiger partial charge in [0, 0.05) is 19.3 Å². The molecule has 130 valence electrons. The number of benzene rings is 1. The largest absolute Gasteiger partial charge is 0.384 e. The standard InChI is InChI=1S/C18H29NO3S/c1-5-17(2)11-6-12-19(13-17)14-18(3,20)15-7-9-16(10-8-15)23(4,21)22/h7-10,20H,5-6,11-14H2,1-4H3. The van der Waals surface area contributed by atoms with E-state index in [1.165, 1.54) is 12.7 Å². The average molecular weight is 340 g/mol. The minimum atomic E-state index is -3.20. The van der Waals surface area contributed by atoms with E-state index in [0.29, 0.717) is 12.0 Å². The molecule has 2 unspecified atom stereocenters. The summed E-state index contributed by atoms with van der Waals surface area (Å²) in [6.45, 7) is 8.93. The Hall–Kier alpha value is -0.910. The van der Waals surface area contributed by atoms with Crippen LogP contribution in [-0.4, -0.2) is 44.3 Å². The fourth-order valence-electron chi connectivity index (χ4n) is 3.44. The van der Waals surface area contributed by atoms with E-state index in [1.807, 2.05) is 0 Å². The van der Waals surface area contributed by atoms with Crippen LogP contribution in [-0.2, 0) is 15.4 Å². The molecule has 5 heteroatoms. The van der Waals surface area contributed by atoms with Gasteiger partial charge >= 0.3 is 0 Å². The van der Waals surface area contributed by atoms with Gasteiger partial charge in [-0.15, -0.1) is 0 Å². The lowest BCUT2D eigenvalue weighted by atomic mass is 9.79. The van der Waals surface area contributed by atoms with Gasteiger partial charge in [0.25, 0.3) is 0 Å². The molecular formula is C18H29NO3S. The van der Waals surface area contributed by atoms with Crippen LogP contribution >= 0.6 is 0 Å². The minimum absolute atomic E-state index is 0.286. The zero-order chi connectivity index (χ0) is 17.3. The molecule has 0 amide bonds. The SMILES string of the molecule is CCC1(C)CCCN(CC(C)(O)c2ccc(S(C)(=O)=O)cc2)C1. The second-order valence-corrected chi connectivity index (χ2v) is 9.56. The summed E-state index contributed by atoms with van der Waals surface area (Å²) in [5, 5.41) is 10.9. The number of nitrogens with zero attached hydrogens (tertiary/aromatic N) is 1. The van der Waals surface area contributed by atoms with Crippen LogP contribution in [0.5, 0.6) is 0 Å². The quantitative estimate of drug-likeness (QED) is 0.896. The van der Waals surface area contributed by atoms with Crippen molar-refractivity contribution in [3.8, 4) is 0 Å². The van der Waals surface area contributed by atoms with Gasteiger partial charge in [-0.3, -0.25) is 4.90 Å². The Bertz CT molecular complexity index is 637. The number of aliphatic hydroxyl groups is 1. The summed E-state index contributed by atoms with van der Waals surface area (Å²) in [5.74, 6) is 0. The lowest BCUT2D eigenvalue weighted by molar-refractivity contribution is -0.0110. The van der Waals surface area contributed by atoms with Gasteiger partial charge in [0.2, 0.25) is 0 Å². The molecule has 0 spiro atoms. The van der Waals surface area contributed by atoms with Crippen LogP contribution < -0.4 is 0 Å². The third-order valence-electron chi connectivity index (χ3n) is 5.15. The van der Waals surface area contributed by atoms with Gasteiger partial charge in [-0.2, -0.15) is 0 Å². The third-order valence-corrected chi connectivity index (χ3v) is 6.28. The number of hydrogen-bond acceptors (Lipinski definition) is 4. The summed E-state index contributed by atoms with van der Waals surface area (Å²) in [7, 11) is -3.20. The van der Waals surface area contributed by atoms with Gasteiger partial charge in [-0.25, -0.2) is 8.42 Å². The molecule has 23 heavy (non-hydrogen) atoms. The molecule has 4 nitrogen and oxygen atoms in total. The Morgan fingerprint density at radius 3 is 2.43 bits per heavy atom. The van der Waals surface area contributed by atoms with Crippen molar-refractivity contribution in [1.29, 1.82) is 0 Å². The van der Waals surface area contributed by atoms with Crippen molar-refractivity contribution in [3.63, 3.8) is 0 Å². The van der Waals surface area contributed by atoms with E-state index >= 15 is 0 Å². The summed E-state index contributed by atoms with van der Waals surface area (Å²) < 4.78 is 23.1. The molecule has 1 fully saturated rings. The summed E-state index contributed by atoms with van der Waals surface area (Å²) in [4.78, 5) is 2.62. The Morgan fingerprint density at radius 1 is 1.30 bits per heavy atom. The monoisotopic (exact) mass is 339 g/mol. The maximum absolute atomic E-state index is 11.5. The van der Waals surface area contributed by atoms with Crippen molar-refractivity contribution in [2.75, 3.05) is 25.9 Å². The lowest BCUT2D eigenvalue weighted by Gasteiger charge is -2.42. The summed E-state index contributed by atoms with van der Waals surface area (Å²) >= 11 is 0. The molecule has 2 rings (SSSR count). The van der Waals surface area contributed by atoms with E-state index in [1.54, 1.807) is 31.2 Å². The molecule has 1 aliphatic rings. The van der Waals surface area contributed by atoms with Crippen molar-refractivity contribution in [1.82, 2.24) is 4.90 Å². The predicted octanol–water partition coefficient (Wildman–Crippen LogP) is 2.81. The molecule has 0 aromatic heterocycles. The smallest absolute Gasteiger partial charge is 0.175 e. The number of hydrogen-bond donors (Lipinski definition) is 1. The van der Waals surface area contributed by atoms with Crippen molar-refractivity contribution < 1.29 is 13.5 Å². The van der Waals surface area contributed by atoms with Crippen LogP contribution in [0.25, 0.3) is 0 Å². The molecule has 0 saturated carbocycles. The fraction of sp³-hybridized carbons (Fsp3) is 0.667. The van der Waals surface area contributed by atoms with E-state index in [0.717, 1.165) is 31.5 Å². The van der Waals surface area contributed by atoms with Crippen LogP contribution in [0.1, 0.15) is 45.6 Å². The first-order valence-electron chi connectivity index (χ1n) is 8.31. The number of piperidine rings is 1. The zero-order valence-corrected chi connectivity index (χ0v) is 15.5.